The van der Waals surface area contributed by atoms with Crippen molar-refractivity contribution < 1.29 is 13.9 Å². The number of benzene rings is 1. The van der Waals surface area contributed by atoms with E-state index in [1.807, 2.05) is 0 Å². The van der Waals surface area contributed by atoms with Crippen LogP contribution in [0.4, 0.5) is 10.1 Å². The zero-order valence-corrected chi connectivity index (χ0v) is 10.6. The molecule has 2 aliphatic heterocycles. The SMILES string of the molecule is O=C1Nc2c(Br)cc(F)cc2C12CCOCC2. The first-order valence-electron chi connectivity index (χ1n) is 5.52. The van der Waals surface area contributed by atoms with Crippen molar-refractivity contribution in [1.29, 1.82) is 0 Å². The Morgan fingerprint density at radius 3 is 2.76 bits per heavy atom. The lowest BCUT2D eigenvalue weighted by molar-refractivity contribution is -0.124. The van der Waals surface area contributed by atoms with Gasteiger partial charge in [0.2, 0.25) is 5.91 Å². The van der Waals surface area contributed by atoms with Crippen LogP contribution in [0.2, 0.25) is 0 Å². The van der Waals surface area contributed by atoms with Gasteiger partial charge in [-0.05, 0) is 46.5 Å². The van der Waals surface area contributed by atoms with Gasteiger partial charge in [0.1, 0.15) is 5.82 Å². The molecule has 0 atom stereocenters. The van der Waals surface area contributed by atoms with Gasteiger partial charge in [-0.15, -0.1) is 0 Å². The quantitative estimate of drug-likeness (QED) is 0.800. The summed E-state index contributed by atoms with van der Waals surface area (Å²) in [5.41, 5.74) is 0.869. The number of anilines is 1. The topological polar surface area (TPSA) is 38.3 Å². The van der Waals surface area contributed by atoms with Gasteiger partial charge in [-0.2, -0.15) is 0 Å². The molecule has 2 aliphatic rings. The van der Waals surface area contributed by atoms with Crippen LogP contribution in [0.25, 0.3) is 0 Å². The van der Waals surface area contributed by atoms with Gasteiger partial charge in [0, 0.05) is 17.7 Å². The van der Waals surface area contributed by atoms with Crippen molar-refractivity contribution in [3.05, 3.63) is 28.0 Å². The van der Waals surface area contributed by atoms with Crippen molar-refractivity contribution in [3.8, 4) is 0 Å². The first kappa shape index (κ1) is 11.2. The Labute approximate surface area is 106 Å². The normalized spacial score (nSPS) is 21.4. The smallest absolute Gasteiger partial charge is 0.235 e. The molecule has 0 radical (unpaired) electrons. The molecule has 0 aliphatic carbocycles. The Morgan fingerprint density at radius 2 is 2.06 bits per heavy atom. The summed E-state index contributed by atoms with van der Waals surface area (Å²) in [4.78, 5) is 12.2. The van der Waals surface area contributed by atoms with Gasteiger partial charge in [-0.25, -0.2) is 4.39 Å². The van der Waals surface area contributed by atoms with E-state index >= 15 is 0 Å². The minimum absolute atomic E-state index is 0.0397. The number of ether oxygens (including phenoxy) is 1. The van der Waals surface area contributed by atoms with Crippen LogP contribution < -0.4 is 5.32 Å². The van der Waals surface area contributed by atoms with Gasteiger partial charge >= 0.3 is 0 Å². The van der Waals surface area contributed by atoms with Crippen molar-refractivity contribution in [2.24, 2.45) is 0 Å². The Kier molecular flexibility index (Phi) is 2.48. The van der Waals surface area contributed by atoms with E-state index in [1.54, 1.807) is 0 Å². The molecule has 0 bridgehead atoms. The number of halogens is 2. The molecule has 1 saturated heterocycles. The molecule has 3 rings (SSSR count). The number of hydrogen-bond donors (Lipinski definition) is 1. The molecule has 1 spiro atoms. The largest absolute Gasteiger partial charge is 0.381 e. The van der Waals surface area contributed by atoms with Crippen LogP contribution >= 0.6 is 15.9 Å². The molecule has 1 N–H and O–H groups in total. The standard InChI is InChI=1S/C12H11BrFNO2/c13-9-6-7(14)5-8-10(9)15-11(16)12(8)1-3-17-4-2-12/h5-6H,1-4H2,(H,15,16). The molecule has 0 unspecified atom stereocenters. The molecule has 1 amide bonds. The van der Waals surface area contributed by atoms with Crippen molar-refractivity contribution >= 4 is 27.5 Å². The van der Waals surface area contributed by atoms with E-state index in [-0.39, 0.29) is 11.7 Å². The van der Waals surface area contributed by atoms with Crippen LogP contribution in [0.15, 0.2) is 16.6 Å². The van der Waals surface area contributed by atoms with Crippen LogP contribution in [0.3, 0.4) is 0 Å². The Balaban J connectivity index is 2.18. The summed E-state index contributed by atoms with van der Waals surface area (Å²) in [7, 11) is 0. The van der Waals surface area contributed by atoms with E-state index in [0.717, 1.165) is 5.56 Å². The molecule has 0 saturated carbocycles. The minimum Gasteiger partial charge on any atom is -0.381 e. The maximum atomic E-state index is 13.5. The molecule has 1 aromatic rings. The molecule has 1 fully saturated rings. The van der Waals surface area contributed by atoms with Crippen LogP contribution in [-0.2, 0) is 14.9 Å². The molecule has 3 nitrogen and oxygen atoms in total. The second-order valence-electron chi connectivity index (χ2n) is 4.46. The molecule has 2 heterocycles. The third-order valence-corrected chi connectivity index (χ3v) is 4.22. The zero-order valence-electron chi connectivity index (χ0n) is 9.06. The monoisotopic (exact) mass is 299 g/mol. The number of hydrogen-bond acceptors (Lipinski definition) is 2. The molecular weight excluding hydrogens is 289 g/mol. The predicted molar refractivity (Wildman–Crippen MR) is 64.5 cm³/mol. The van der Waals surface area contributed by atoms with Crippen molar-refractivity contribution in [2.45, 2.75) is 18.3 Å². The third-order valence-electron chi connectivity index (χ3n) is 3.59. The van der Waals surface area contributed by atoms with Crippen molar-refractivity contribution in [2.75, 3.05) is 18.5 Å². The second kappa shape index (κ2) is 3.78. The lowest BCUT2D eigenvalue weighted by Crippen LogP contribution is -2.40. The number of fused-ring (bicyclic) bond motifs is 2. The Hall–Kier alpha value is -0.940. The fourth-order valence-corrected chi connectivity index (χ4v) is 3.18. The molecular formula is C12H11BrFNO2. The summed E-state index contributed by atoms with van der Waals surface area (Å²) in [6.07, 6.45) is 1.23. The fourth-order valence-electron chi connectivity index (χ4n) is 2.65. The van der Waals surface area contributed by atoms with E-state index in [4.69, 9.17) is 4.74 Å². The van der Waals surface area contributed by atoms with Gasteiger partial charge in [0.15, 0.2) is 0 Å². The van der Waals surface area contributed by atoms with Crippen LogP contribution in [0.5, 0.6) is 0 Å². The van der Waals surface area contributed by atoms with Gasteiger partial charge in [-0.1, -0.05) is 0 Å². The van der Waals surface area contributed by atoms with E-state index < -0.39 is 5.41 Å². The molecule has 90 valence electrons. The summed E-state index contributed by atoms with van der Waals surface area (Å²) < 4.78 is 19.4. The van der Waals surface area contributed by atoms with Crippen LogP contribution in [0, 0.1) is 5.82 Å². The van der Waals surface area contributed by atoms with Crippen LogP contribution in [-0.4, -0.2) is 19.1 Å². The number of rotatable bonds is 0. The first-order valence-corrected chi connectivity index (χ1v) is 6.31. The van der Waals surface area contributed by atoms with Crippen molar-refractivity contribution in [3.63, 3.8) is 0 Å². The fraction of sp³-hybridized carbons (Fsp3) is 0.417. The first-order chi connectivity index (χ1) is 8.13. The minimum atomic E-state index is -0.599. The van der Waals surface area contributed by atoms with Gasteiger partial charge in [0.25, 0.3) is 0 Å². The van der Waals surface area contributed by atoms with Crippen LogP contribution in [0.1, 0.15) is 18.4 Å². The average Bonchev–Trinajstić information content (AvgIpc) is 2.56. The number of carbonyl (C=O) groups excluding carboxylic acids is 1. The van der Waals surface area contributed by atoms with E-state index in [0.29, 0.717) is 36.2 Å². The predicted octanol–water partition coefficient (Wildman–Crippen LogP) is 2.59. The lowest BCUT2D eigenvalue weighted by Gasteiger charge is -2.31. The maximum absolute atomic E-state index is 13.5. The second-order valence-corrected chi connectivity index (χ2v) is 5.31. The van der Waals surface area contributed by atoms with Crippen molar-refractivity contribution in [1.82, 2.24) is 0 Å². The number of carbonyl (C=O) groups is 1. The summed E-state index contributed by atoms with van der Waals surface area (Å²) >= 11 is 3.29. The highest BCUT2D eigenvalue weighted by Gasteiger charge is 2.48. The number of nitrogens with one attached hydrogen (secondary N) is 1. The highest BCUT2D eigenvalue weighted by Crippen LogP contribution is 2.47. The summed E-state index contributed by atoms with van der Waals surface area (Å²) in [6.45, 7) is 1.09. The summed E-state index contributed by atoms with van der Waals surface area (Å²) in [6, 6.07) is 2.83. The van der Waals surface area contributed by atoms with Gasteiger partial charge in [0.05, 0.1) is 11.1 Å². The maximum Gasteiger partial charge on any atom is 0.235 e. The molecule has 1 aromatic carbocycles. The molecule has 5 heteroatoms. The van der Waals surface area contributed by atoms with E-state index in [2.05, 4.69) is 21.2 Å². The van der Waals surface area contributed by atoms with E-state index in [9.17, 15) is 9.18 Å². The highest BCUT2D eigenvalue weighted by atomic mass is 79.9. The molecule has 0 aromatic heterocycles. The van der Waals surface area contributed by atoms with Gasteiger partial charge in [-0.3, -0.25) is 4.79 Å². The van der Waals surface area contributed by atoms with Gasteiger partial charge < -0.3 is 10.1 Å². The van der Waals surface area contributed by atoms with E-state index in [1.165, 1.54) is 12.1 Å². The average molecular weight is 300 g/mol. The summed E-state index contributed by atoms with van der Waals surface area (Å²) in [5.74, 6) is -0.361. The summed E-state index contributed by atoms with van der Waals surface area (Å²) in [5, 5.41) is 2.85. The zero-order chi connectivity index (χ0) is 12.0. The Bertz CT molecular complexity index is 498. The third kappa shape index (κ3) is 1.52. The Morgan fingerprint density at radius 1 is 1.35 bits per heavy atom. The lowest BCUT2D eigenvalue weighted by atomic mass is 9.75. The highest BCUT2D eigenvalue weighted by molar-refractivity contribution is 9.10. The molecule has 17 heavy (non-hydrogen) atoms. The number of amides is 1.